The summed E-state index contributed by atoms with van der Waals surface area (Å²) in [5, 5.41) is 3.27. The van der Waals surface area contributed by atoms with Crippen LogP contribution in [0, 0.1) is 0 Å². The highest BCUT2D eigenvalue weighted by Gasteiger charge is 2.23. The van der Waals surface area contributed by atoms with Crippen molar-refractivity contribution in [3.63, 3.8) is 0 Å². The molecule has 96 valence electrons. The van der Waals surface area contributed by atoms with Gasteiger partial charge in [0, 0.05) is 19.1 Å². The highest BCUT2D eigenvalue weighted by atomic mass is 32.2. The van der Waals surface area contributed by atoms with Gasteiger partial charge in [0.25, 0.3) is 10.2 Å². The highest BCUT2D eigenvalue weighted by Crippen LogP contribution is 2.08. The topological polar surface area (TPSA) is 61.4 Å². The molecule has 6 heteroatoms. The Labute approximate surface area is 98.8 Å². The number of hydrogen-bond donors (Lipinski definition) is 2. The predicted octanol–water partition coefficient (Wildman–Crippen LogP) is 0.305. The van der Waals surface area contributed by atoms with Crippen LogP contribution in [0.2, 0.25) is 0 Å². The van der Waals surface area contributed by atoms with Crippen molar-refractivity contribution < 1.29 is 8.42 Å². The van der Waals surface area contributed by atoms with Crippen molar-refractivity contribution in [1.82, 2.24) is 14.3 Å². The summed E-state index contributed by atoms with van der Waals surface area (Å²) in [6.07, 6.45) is 2.83. The number of hydrogen-bond acceptors (Lipinski definition) is 3. The molecular formula is C10H23N3O2S. The lowest BCUT2D eigenvalue weighted by Gasteiger charge is -2.23. The van der Waals surface area contributed by atoms with Gasteiger partial charge < -0.3 is 5.32 Å². The first-order valence-electron chi connectivity index (χ1n) is 6.08. The number of rotatable bonds is 5. The Bertz CT molecular complexity index is 280. The zero-order valence-corrected chi connectivity index (χ0v) is 11.0. The van der Waals surface area contributed by atoms with Crippen LogP contribution in [0.3, 0.4) is 0 Å². The Balaban J connectivity index is 2.56. The van der Waals surface area contributed by atoms with Crippen LogP contribution >= 0.6 is 0 Å². The zero-order valence-electron chi connectivity index (χ0n) is 10.2. The second-order valence-electron chi connectivity index (χ2n) is 4.09. The van der Waals surface area contributed by atoms with E-state index in [1.807, 2.05) is 13.8 Å². The van der Waals surface area contributed by atoms with Crippen molar-refractivity contribution >= 4 is 10.2 Å². The van der Waals surface area contributed by atoms with Gasteiger partial charge in [0.2, 0.25) is 0 Å². The van der Waals surface area contributed by atoms with Crippen molar-refractivity contribution in [1.29, 1.82) is 0 Å². The normalized spacial score (nSPS) is 23.3. The van der Waals surface area contributed by atoms with Crippen molar-refractivity contribution in [3.05, 3.63) is 0 Å². The van der Waals surface area contributed by atoms with Crippen molar-refractivity contribution in [2.75, 3.05) is 26.2 Å². The smallest absolute Gasteiger partial charge is 0.279 e. The standard InChI is InChI=1S/C10H23N3O2S/c1-3-13(4-2)16(14,15)12-10-6-5-8-11-9-7-10/h10-12H,3-9H2,1-2H3. The summed E-state index contributed by atoms with van der Waals surface area (Å²) in [4.78, 5) is 0. The zero-order chi connectivity index (χ0) is 12.0. The van der Waals surface area contributed by atoms with E-state index in [4.69, 9.17) is 0 Å². The molecule has 1 atom stereocenters. The fraction of sp³-hybridized carbons (Fsp3) is 1.00. The van der Waals surface area contributed by atoms with Crippen LogP contribution in [-0.2, 0) is 10.2 Å². The molecule has 0 radical (unpaired) electrons. The minimum atomic E-state index is -3.28. The van der Waals surface area contributed by atoms with Crippen LogP contribution in [0.5, 0.6) is 0 Å². The quantitative estimate of drug-likeness (QED) is 0.737. The highest BCUT2D eigenvalue weighted by molar-refractivity contribution is 7.87. The average Bonchev–Trinajstić information content (AvgIpc) is 2.47. The molecule has 0 aromatic heterocycles. The van der Waals surface area contributed by atoms with Crippen molar-refractivity contribution in [2.45, 2.75) is 39.2 Å². The maximum atomic E-state index is 12.0. The van der Waals surface area contributed by atoms with Crippen LogP contribution in [-0.4, -0.2) is 44.9 Å². The van der Waals surface area contributed by atoms with Crippen LogP contribution < -0.4 is 10.0 Å². The molecule has 1 heterocycles. The second kappa shape index (κ2) is 6.54. The number of nitrogens with zero attached hydrogens (tertiary/aromatic N) is 1. The molecule has 16 heavy (non-hydrogen) atoms. The van der Waals surface area contributed by atoms with Gasteiger partial charge in [0.05, 0.1) is 0 Å². The van der Waals surface area contributed by atoms with Gasteiger partial charge >= 0.3 is 0 Å². The molecule has 0 amide bonds. The van der Waals surface area contributed by atoms with E-state index in [1.54, 1.807) is 0 Å². The molecule has 1 fully saturated rings. The number of nitrogens with one attached hydrogen (secondary N) is 2. The summed E-state index contributed by atoms with van der Waals surface area (Å²) in [7, 11) is -3.28. The van der Waals surface area contributed by atoms with Crippen LogP contribution in [0.4, 0.5) is 0 Å². The molecule has 0 spiro atoms. The first-order valence-corrected chi connectivity index (χ1v) is 7.52. The Morgan fingerprint density at radius 2 is 1.94 bits per heavy atom. The van der Waals surface area contributed by atoms with E-state index in [9.17, 15) is 8.42 Å². The molecule has 2 N–H and O–H groups in total. The van der Waals surface area contributed by atoms with E-state index >= 15 is 0 Å². The fourth-order valence-corrected chi connectivity index (χ4v) is 3.47. The van der Waals surface area contributed by atoms with E-state index in [0.29, 0.717) is 13.1 Å². The monoisotopic (exact) mass is 249 g/mol. The van der Waals surface area contributed by atoms with E-state index in [2.05, 4.69) is 10.0 Å². The maximum Gasteiger partial charge on any atom is 0.279 e. The molecule has 0 aromatic carbocycles. The van der Waals surface area contributed by atoms with Crippen molar-refractivity contribution in [3.8, 4) is 0 Å². The van der Waals surface area contributed by atoms with Gasteiger partial charge in [0.15, 0.2) is 0 Å². The van der Waals surface area contributed by atoms with Gasteiger partial charge in [-0.2, -0.15) is 17.4 Å². The van der Waals surface area contributed by atoms with E-state index in [-0.39, 0.29) is 6.04 Å². The molecule has 0 aromatic rings. The second-order valence-corrected chi connectivity index (χ2v) is 5.79. The fourth-order valence-electron chi connectivity index (χ4n) is 1.99. The molecule has 0 saturated carbocycles. The third-order valence-electron chi connectivity index (χ3n) is 2.94. The van der Waals surface area contributed by atoms with Gasteiger partial charge in [-0.1, -0.05) is 13.8 Å². The summed E-state index contributed by atoms with van der Waals surface area (Å²) in [6.45, 7) is 6.65. The van der Waals surface area contributed by atoms with Crippen LogP contribution in [0.15, 0.2) is 0 Å². The Morgan fingerprint density at radius 3 is 2.56 bits per heavy atom. The van der Waals surface area contributed by atoms with Gasteiger partial charge in [-0.25, -0.2) is 0 Å². The minimum absolute atomic E-state index is 0.0839. The lowest BCUT2D eigenvalue weighted by atomic mass is 10.1. The molecule has 1 aliphatic heterocycles. The summed E-state index contributed by atoms with van der Waals surface area (Å²) in [6, 6.07) is 0.0839. The maximum absolute atomic E-state index is 12.0. The molecule has 0 bridgehead atoms. The predicted molar refractivity (Wildman–Crippen MR) is 65.5 cm³/mol. The Morgan fingerprint density at radius 1 is 1.25 bits per heavy atom. The Kier molecular flexibility index (Phi) is 5.68. The Hall–Kier alpha value is -0.170. The third kappa shape index (κ3) is 4.01. The summed E-state index contributed by atoms with van der Waals surface area (Å²) in [5.74, 6) is 0. The lowest BCUT2D eigenvalue weighted by Crippen LogP contribution is -2.45. The molecular weight excluding hydrogens is 226 g/mol. The third-order valence-corrected chi connectivity index (χ3v) is 4.76. The van der Waals surface area contributed by atoms with Crippen molar-refractivity contribution in [2.24, 2.45) is 0 Å². The van der Waals surface area contributed by atoms with Gasteiger partial charge in [-0.15, -0.1) is 0 Å². The molecule has 1 saturated heterocycles. The minimum Gasteiger partial charge on any atom is -0.317 e. The first-order chi connectivity index (χ1) is 7.60. The molecule has 5 nitrogen and oxygen atoms in total. The lowest BCUT2D eigenvalue weighted by molar-refractivity contribution is 0.418. The summed E-state index contributed by atoms with van der Waals surface area (Å²) < 4.78 is 28.2. The van der Waals surface area contributed by atoms with Crippen LogP contribution in [0.1, 0.15) is 33.1 Å². The van der Waals surface area contributed by atoms with E-state index < -0.39 is 10.2 Å². The average molecular weight is 249 g/mol. The first kappa shape index (κ1) is 13.9. The largest absolute Gasteiger partial charge is 0.317 e. The molecule has 0 aliphatic carbocycles. The summed E-state index contributed by atoms with van der Waals surface area (Å²) in [5.41, 5.74) is 0. The molecule has 1 unspecified atom stereocenters. The molecule has 1 rings (SSSR count). The van der Waals surface area contributed by atoms with Gasteiger partial charge in [-0.05, 0) is 32.4 Å². The van der Waals surface area contributed by atoms with Crippen LogP contribution in [0.25, 0.3) is 0 Å². The van der Waals surface area contributed by atoms with E-state index in [1.165, 1.54) is 4.31 Å². The SMILES string of the molecule is CCN(CC)S(=O)(=O)NC1CCCNCC1. The molecule has 1 aliphatic rings. The van der Waals surface area contributed by atoms with Gasteiger partial charge in [-0.3, -0.25) is 0 Å². The van der Waals surface area contributed by atoms with E-state index in [0.717, 1.165) is 32.4 Å². The summed E-state index contributed by atoms with van der Waals surface area (Å²) >= 11 is 0. The van der Waals surface area contributed by atoms with Gasteiger partial charge in [0.1, 0.15) is 0 Å².